The third-order valence-corrected chi connectivity index (χ3v) is 7.46. The van der Waals surface area contributed by atoms with Crippen LogP contribution in [0.2, 0.25) is 0 Å². The zero-order chi connectivity index (χ0) is 28.2. The number of nitrogens with one attached hydrogen (secondary N) is 2. The average Bonchev–Trinajstić information content (AvgIpc) is 3.38. The molecule has 4 aromatic rings. The molecule has 40 heavy (non-hydrogen) atoms. The smallest absolute Gasteiger partial charge is 0.271 e. The van der Waals surface area contributed by atoms with Gasteiger partial charge in [-0.1, -0.05) is 43.3 Å². The Morgan fingerprint density at radius 3 is 2.10 bits per heavy atom. The fourth-order valence-electron chi connectivity index (χ4n) is 4.96. The van der Waals surface area contributed by atoms with Gasteiger partial charge in [-0.25, -0.2) is 9.97 Å². The van der Waals surface area contributed by atoms with Crippen LogP contribution in [0.25, 0.3) is 11.1 Å². The molecule has 1 unspecified atom stereocenters. The maximum atomic E-state index is 12.1. The standard InChI is InChI=1S/C30H37N9O/c1-5-26-29(36-30(27(35-26)28(31)40)34-25-18-32-38(4)19-25)33-24-12-10-23(11-13-24)22-8-6-21(7-9-22)20(2)39-16-14-37(3)15-17-39/h6-13,18-20H,5,14-17H2,1-4H3,(H2,31,40)(H2,33,34,36). The summed E-state index contributed by atoms with van der Waals surface area (Å²) in [4.78, 5) is 26.3. The van der Waals surface area contributed by atoms with Crippen LogP contribution in [0.5, 0.6) is 0 Å². The van der Waals surface area contributed by atoms with E-state index in [9.17, 15) is 4.79 Å². The van der Waals surface area contributed by atoms with Gasteiger partial charge in [0.25, 0.3) is 5.91 Å². The van der Waals surface area contributed by atoms with Gasteiger partial charge in [0.05, 0.1) is 17.6 Å². The van der Waals surface area contributed by atoms with Crippen molar-refractivity contribution in [3.63, 3.8) is 0 Å². The van der Waals surface area contributed by atoms with Crippen molar-refractivity contribution in [2.24, 2.45) is 12.8 Å². The van der Waals surface area contributed by atoms with E-state index in [1.54, 1.807) is 17.1 Å². The van der Waals surface area contributed by atoms with Gasteiger partial charge >= 0.3 is 0 Å². The lowest BCUT2D eigenvalue weighted by Crippen LogP contribution is -2.45. The minimum absolute atomic E-state index is 0.0898. The highest BCUT2D eigenvalue weighted by molar-refractivity contribution is 5.96. The third kappa shape index (κ3) is 6.13. The minimum Gasteiger partial charge on any atom is -0.364 e. The monoisotopic (exact) mass is 539 g/mol. The Labute approximate surface area is 235 Å². The Kier molecular flexibility index (Phi) is 8.09. The van der Waals surface area contributed by atoms with Crippen molar-refractivity contribution in [2.45, 2.75) is 26.3 Å². The summed E-state index contributed by atoms with van der Waals surface area (Å²) in [6.45, 7) is 8.69. The largest absolute Gasteiger partial charge is 0.364 e. The average molecular weight is 540 g/mol. The number of likely N-dealkylation sites (N-methyl/N-ethyl adjacent to an activating group) is 1. The van der Waals surface area contributed by atoms with Crippen LogP contribution in [0.1, 0.15) is 41.6 Å². The predicted molar refractivity (Wildman–Crippen MR) is 159 cm³/mol. The number of rotatable bonds is 9. The van der Waals surface area contributed by atoms with Gasteiger partial charge in [-0.15, -0.1) is 0 Å². The number of anilines is 4. The van der Waals surface area contributed by atoms with Gasteiger partial charge in [-0.05, 0) is 49.2 Å². The Morgan fingerprint density at radius 1 is 0.900 bits per heavy atom. The molecule has 1 fully saturated rings. The Bertz CT molecular complexity index is 1460. The molecule has 0 spiro atoms. The second-order valence-electron chi connectivity index (χ2n) is 10.3. The molecule has 2 aromatic carbocycles. The lowest BCUT2D eigenvalue weighted by molar-refractivity contribution is 0.0996. The first-order chi connectivity index (χ1) is 19.3. The number of nitrogens with zero attached hydrogens (tertiary/aromatic N) is 6. The molecule has 3 heterocycles. The van der Waals surface area contributed by atoms with Crippen LogP contribution in [-0.2, 0) is 13.5 Å². The van der Waals surface area contributed by atoms with Crippen LogP contribution >= 0.6 is 0 Å². The van der Waals surface area contributed by atoms with Gasteiger partial charge in [-0.3, -0.25) is 14.4 Å². The van der Waals surface area contributed by atoms with Crippen LogP contribution in [0.4, 0.5) is 23.0 Å². The van der Waals surface area contributed by atoms with Crippen LogP contribution < -0.4 is 16.4 Å². The Morgan fingerprint density at radius 2 is 1.52 bits per heavy atom. The molecule has 5 rings (SSSR count). The molecule has 0 radical (unpaired) electrons. The minimum atomic E-state index is -0.645. The number of amides is 1. The Balaban J connectivity index is 1.32. The molecule has 1 atom stereocenters. The first-order valence-electron chi connectivity index (χ1n) is 13.7. The number of primary amides is 1. The van der Waals surface area contributed by atoms with Crippen molar-refractivity contribution in [1.82, 2.24) is 29.5 Å². The number of aromatic nitrogens is 4. The molecule has 10 heteroatoms. The van der Waals surface area contributed by atoms with Crippen molar-refractivity contribution in [3.05, 3.63) is 77.9 Å². The van der Waals surface area contributed by atoms with Gasteiger partial charge in [0.1, 0.15) is 0 Å². The van der Waals surface area contributed by atoms with Crippen LogP contribution in [-0.4, -0.2) is 68.7 Å². The summed E-state index contributed by atoms with van der Waals surface area (Å²) in [6.07, 6.45) is 4.01. The summed E-state index contributed by atoms with van der Waals surface area (Å²) in [5.41, 5.74) is 11.6. The molecule has 1 amide bonds. The number of hydrogen-bond acceptors (Lipinski definition) is 8. The number of piperazine rings is 1. The highest BCUT2D eigenvalue weighted by Gasteiger charge is 2.21. The third-order valence-electron chi connectivity index (χ3n) is 7.46. The van der Waals surface area contributed by atoms with Crippen molar-refractivity contribution in [2.75, 3.05) is 43.9 Å². The maximum absolute atomic E-state index is 12.1. The predicted octanol–water partition coefficient (Wildman–Crippen LogP) is 4.33. The molecule has 1 aliphatic rings. The van der Waals surface area contributed by atoms with Crippen LogP contribution in [0, 0.1) is 0 Å². The second kappa shape index (κ2) is 11.8. The van der Waals surface area contributed by atoms with Crippen LogP contribution in [0.3, 0.4) is 0 Å². The number of hydrogen-bond donors (Lipinski definition) is 3. The molecule has 0 bridgehead atoms. The normalized spacial score (nSPS) is 15.1. The molecule has 1 saturated heterocycles. The SMILES string of the molecule is CCc1nc(C(N)=O)c(Nc2cnn(C)c2)nc1Nc1ccc(-c2ccc(C(C)N3CCN(C)CC3)cc2)cc1. The van der Waals surface area contributed by atoms with Crippen molar-refractivity contribution < 1.29 is 4.79 Å². The van der Waals surface area contributed by atoms with Gasteiger partial charge in [0.15, 0.2) is 17.3 Å². The van der Waals surface area contributed by atoms with Gasteiger partial charge in [0.2, 0.25) is 0 Å². The number of carbonyl (C=O) groups is 1. The molecule has 1 aliphatic heterocycles. The zero-order valence-corrected chi connectivity index (χ0v) is 23.6. The highest BCUT2D eigenvalue weighted by Crippen LogP contribution is 2.28. The van der Waals surface area contributed by atoms with Gasteiger partial charge < -0.3 is 21.3 Å². The maximum Gasteiger partial charge on any atom is 0.271 e. The summed E-state index contributed by atoms with van der Waals surface area (Å²) in [6, 6.07) is 17.5. The van der Waals surface area contributed by atoms with Crippen molar-refractivity contribution >= 4 is 28.9 Å². The quantitative estimate of drug-likeness (QED) is 0.288. The van der Waals surface area contributed by atoms with Crippen molar-refractivity contribution in [3.8, 4) is 11.1 Å². The molecule has 208 valence electrons. The lowest BCUT2D eigenvalue weighted by Gasteiger charge is -2.36. The number of benzene rings is 2. The fourth-order valence-corrected chi connectivity index (χ4v) is 4.96. The molecule has 0 saturated carbocycles. The van der Waals surface area contributed by atoms with E-state index < -0.39 is 5.91 Å². The first-order valence-corrected chi connectivity index (χ1v) is 13.7. The van der Waals surface area contributed by atoms with E-state index in [2.05, 4.69) is 85.9 Å². The molecule has 2 aromatic heterocycles. The summed E-state index contributed by atoms with van der Waals surface area (Å²) >= 11 is 0. The van der Waals surface area contributed by atoms with E-state index >= 15 is 0 Å². The summed E-state index contributed by atoms with van der Waals surface area (Å²) in [5, 5.41) is 10.6. The first kappa shape index (κ1) is 27.3. The van der Waals surface area contributed by atoms with Gasteiger partial charge in [-0.2, -0.15) is 5.10 Å². The van der Waals surface area contributed by atoms with E-state index in [1.807, 2.05) is 26.1 Å². The molecule has 0 aliphatic carbocycles. The number of carbonyl (C=O) groups excluding carboxylic acids is 1. The number of nitrogens with two attached hydrogens (primary N) is 1. The Hall–Kier alpha value is -4.28. The van der Waals surface area contributed by atoms with E-state index in [4.69, 9.17) is 5.73 Å². The highest BCUT2D eigenvalue weighted by atomic mass is 16.1. The summed E-state index contributed by atoms with van der Waals surface area (Å²) in [5.74, 6) is 0.199. The summed E-state index contributed by atoms with van der Waals surface area (Å²) in [7, 11) is 4.00. The van der Waals surface area contributed by atoms with E-state index in [-0.39, 0.29) is 11.5 Å². The van der Waals surface area contributed by atoms with E-state index in [0.29, 0.717) is 29.7 Å². The van der Waals surface area contributed by atoms with Crippen LogP contribution in [0.15, 0.2) is 60.9 Å². The van der Waals surface area contributed by atoms with E-state index in [0.717, 1.165) is 37.4 Å². The molecular weight excluding hydrogens is 502 g/mol. The topological polar surface area (TPSA) is 117 Å². The zero-order valence-electron chi connectivity index (χ0n) is 23.6. The van der Waals surface area contributed by atoms with Gasteiger partial charge in [0, 0.05) is 51.2 Å². The molecule has 10 nitrogen and oxygen atoms in total. The number of aryl methyl sites for hydroxylation is 2. The second-order valence-corrected chi connectivity index (χ2v) is 10.3. The summed E-state index contributed by atoms with van der Waals surface area (Å²) < 4.78 is 1.66. The molecule has 4 N–H and O–H groups in total. The van der Waals surface area contributed by atoms with E-state index in [1.165, 1.54) is 11.1 Å². The molecular formula is C30H37N9O. The van der Waals surface area contributed by atoms with Crippen molar-refractivity contribution in [1.29, 1.82) is 0 Å². The fraction of sp³-hybridized carbons (Fsp3) is 0.333. The lowest BCUT2D eigenvalue weighted by atomic mass is 10.00.